The van der Waals surface area contributed by atoms with Crippen LogP contribution in [0.5, 0.6) is 5.75 Å². The average molecular weight is 524 g/mol. The van der Waals surface area contributed by atoms with E-state index >= 15 is 0 Å². The summed E-state index contributed by atoms with van der Waals surface area (Å²) in [6, 6.07) is 20.0. The summed E-state index contributed by atoms with van der Waals surface area (Å²) in [7, 11) is 0. The first kappa shape index (κ1) is 24.6. The molecule has 8 heteroatoms. The molecule has 0 bridgehead atoms. The van der Waals surface area contributed by atoms with E-state index in [4.69, 9.17) is 27.9 Å². The minimum absolute atomic E-state index is 0.0370. The van der Waals surface area contributed by atoms with Crippen LogP contribution in [0, 0.1) is 0 Å². The molecule has 0 spiro atoms. The molecule has 2 heterocycles. The van der Waals surface area contributed by atoms with E-state index in [-0.39, 0.29) is 31.0 Å². The van der Waals surface area contributed by atoms with Gasteiger partial charge < -0.3 is 19.9 Å². The standard InChI is InChI=1S/C28H27Cl2N3O3/c29-22-5-3-20(4-6-22)28(35)32-17-21-15-23(30)7-10-26(21)33(27(34)18-32)16-19-1-8-24(9-2-19)36-25-11-13-31-14-12-25/h1-10,15,25,31H,11-14,16-18H2. The summed E-state index contributed by atoms with van der Waals surface area (Å²) in [6.07, 6.45) is 2.22. The third-order valence-electron chi connectivity index (χ3n) is 6.55. The van der Waals surface area contributed by atoms with Crippen molar-refractivity contribution in [2.24, 2.45) is 0 Å². The van der Waals surface area contributed by atoms with E-state index in [0.717, 1.165) is 48.5 Å². The van der Waals surface area contributed by atoms with E-state index in [1.54, 1.807) is 40.1 Å². The molecule has 36 heavy (non-hydrogen) atoms. The number of anilines is 1. The Bertz CT molecular complexity index is 1240. The van der Waals surface area contributed by atoms with E-state index in [1.165, 1.54) is 0 Å². The van der Waals surface area contributed by atoms with Crippen molar-refractivity contribution >= 4 is 40.7 Å². The van der Waals surface area contributed by atoms with Gasteiger partial charge in [0.05, 0.1) is 6.54 Å². The van der Waals surface area contributed by atoms with Gasteiger partial charge in [-0.2, -0.15) is 0 Å². The molecule has 0 radical (unpaired) electrons. The van der Waals surface area contributed by atoms with Gasteiger partial charge in [0.25, 0.3) is 5.91 Å². The van der Waals surface area contributed by atoms with Crippen LogP contribution in [-0.4, -0.2) is 42.5 Å². The molecule has 2 aliphatic heterocycles. The Morgan fingerprint density at radius 2 is 1.61 bits per heavy atom. The van der Waals surface area contributed by atoms with E-state index in [0.29, 0.717) is 22.2 Å². The van der Waals surface area contributed by atoms with Crippen molar-refractivity contribution in [2.75, 3.05) is 24.5 Å². The molecule has 0 aromatic heterocycles. The zero-order valence-corrected chi connectivity index (χ0v) is 21.3. The summed E-state index contributed by atoms with van der Waals surface area (Å²) in [5.41, 5.74) is 3.03. The third-order valence-corrected chi connectivity index (χ3v) is 7.04. The van der Waals surface area contributed by atoms with Gasteiger partial charge in [-0.05, 0) is 91.7 Å². The first-order valence-corrected chi connectivity index (χ1v) is 12.8. The summed E-state index contributed by atoms with van der Waals surface area (Å²) in [5.74, 6) is 0.445. The van der Waals surface area contributed by atoms with Crippen LogP contribution < -0.4 is 15.0 Å². The Balaban J connectivity index is 1.36. The van der Waals surface area contributed by atoms with Crippen LogP contribution in [0.1, 0.15) is 34.3 Å². The molecule has 2 amide bonds. The highest BCUT2D eigenvalue weighted by Gasteiger charge is 2.29. The number of nitrogens with one attached hydrogen (secondary N) is 1. The van der Waals surface area contributed by atoms with Gasteiger partial charge in [-0.25, -0.2) is 0 Å². The second-order valence-corrected chi connectivity index (χ2v) is 10.0. The van der Waals surface area contributed by atoms with Crippen molar-refractivity contribution < 1.29 is 14.3 Å². The lowest BCUT2D eigenvalue weighted by atomic mass is 10.1. The van der Waals surface area contributed by atoms with Gasteiger partial charge in [0.1, 0.15) is 18.4 Å². The number of hydrogen-bond donors (Lipinski definition) is 1. The highest BCUT2D eigenvalue weighted by Crippen LogP contribution is 2.31. The summed E-state index contributed by atoms with van der Waals surface area (Å²) in [4.78, 5) is 30.0. The van der Waals surface area contributed by atoms with Gasteiger partial charge >= 0.3 is 0 Å². The van der Waals surface area contributed by atoms with Crippen molar-refractivity contribution in [1.29, 1.82) is 0 Å². The van der Waals surface area contributed by atoms with E-state index in [1.807, 2.05) is 36.4 Å². The van der Waals surface area contributed by atoms with Gasteiger partial charge in [0.2, 0.25) is 5.91 Å². The third kappa shape index (κ3) is 5.67. The average Bonchev–Trinajstić information content (AvgIpc) is 3.01. The highest BCUT2D eigenvalue weighted by molar-refractivity contribution is 6.31. The maximum absolute atomic E-state index is 13.4. The lowest BCUT2D eigenvalue weighted by molar-refractivity contribution is -0.119. The van der Waals surface area contributed by atoms with Gasteiger partial charge in [0, 0.05) is 27.8 Å². The van der Waals surface area contributed by atoms with E-state index in [2.05, 4.69) is 5.32 Å². The van der Waals surface area contributed by atoms with E-state index < -0.39 is 0 Å². The topological polar surface area (TPSA) is 61.9 Å². The molecule has 1 fully saturated rings. The summed E-state index contributed by atoms with van der Waals surface area (Å²) in [6.45, 7) is 2.57. The molecular formula is C28H27Cl2N3O3. The quantitative estimate of drug-likeness (QED) is 0.492. The fourth-order valence-corrected chi connectivity index (χ4v) is 4.96. The van der Waals surface area contributed by atoms with Crippen LogP contribution >= 0.6 is 23.2 Å². The molecule has 0 atom stereocenters. The fraction of sp³-hybridized carbons (Fsp3) is 0.286. The Morgan fingerprint density at radius 3 is 2.33 bits per heavy atom. The van der Waals surface area contributed by atoms with Crippen LogP contribution in [0.3, 0.4) is 0 Å². The number of fused-ring (bicyclic) bond motifs is 1. The predicted octanol–water partition coefficient (Wildman–Crippen LogP) is 5.31. The van der Waals surface area contributed by atoms with Crippen LogP contribution in [0.15, 0.2) is 66.7 Å². The number of rotatable bonds is 5. The number of nitrogens with zero attached hydrogens (tertiary/aromatic N) is 2. The zero-order chi connectivity index (χ0) is 25.1. The van der Waals surface area contributed by atoms with Crippen LogP contribution in [0.25, 0.3) is 0 Å². The van der Waals surface area contributed by atoms with Crippen LogP contribution in [0.2, 0.25) is 10.0 Å². The van der Waals surface area contributed by atoms with Gasteiger partial charge in [-0.1, -0.05) is 35.3 Å². The molecular weight excluding hydrogens is 497 g/mol. The largest absolute Gasteiger partial charge is 0.490 e. The number of carbonyl (C=O) groups is 2. The first-order valence-electron chi connectivity index (χ1n) is 12.1. The second-order valence-electron chi connectivity index (χ2n) is 9.13. The minimum Gasteiger partial charge on any atom is -0.490 e. The number of halogens is 2. The second kappa shape index (κ2) is 10.9. The van der Waals surface area contributed by atoms with Gasteiger partial charge in [-0.15, -0.1) is 0 Å². The van der Waals surface area contributed by atoms with E-state index in [9.17, 15) is 9.59 Å². The molecule has 0 saturated carbocycles. The molecule has 2 aliphatic rings. The van der Waals surface area contributed by atoms with Crippen molar-refractivity contribution in [2.45, 2.75) is 32.0 Å². The number of benzene rings is 3. The molecule has 3 aromatic rings. The molecule has 5 rings (SSSR count). The van der Waals surface area contributed by atoms with Gasteiger partial charge in [0.15, 0.2) is 0 Å². The van der Waals surface area contributed by atoms with Crippen molar-refractivity contribution in [3.8, 4) is 5.75 Å². The summed E-state index contributed by atoms with van der Waals surface area (Å²) < 4.78 is 6.11. The Morgan fingerprint density at radius 1 is 0.917 bits per heavy atom. The smallest absolute Gasteiger partial charge is 0.254 e. The Hall–Kier alpha value is -3.06. The number of ether oxygens (including phenoxy) is 1. The van der Waals surface area contributed by atoms with Gasteiger partial charge in [-0.3, -0.25) is 9.59 Å². The zero-order valence-electron chi connectivity index (χ0n) is 19.8. The predicted molar refractivity (Wildman–Crippen MR) is 142 cm³/mol. The SMILES string of the molecule is O=C(c1ccc(Cl)cc1)N1CC(=O)N(Cc2ccc(OC3CCNCC3)cc2)c2ccc(Cl)cc2C1. The number of piperidine rings is 1. The molecule has 6 nitrogen and oxygen atoms in total. The van der Waals surface area contributed by atoms with Crippen LogP contribution in [-0.2, 0) is 17.9 Å². The molecule has 1 N–H and O–H groups in total. The monoisotopic (exact) mass is 523 g/mol. The molecule has 0 unspecified atom stereocenters. The molecule has 0 aliphatic carbocycles. The minimum atomic E-state index is -0.229. The maximum atomic E-state index is 13.4. The van der Waals surface area contributed by atoms with Crippen molar-refractivity contribution in [3.05, 3.63) is 93.5 Å². The highest BCUT2D eigenvalue weighted by atomic mass is 35.5. The molecule has 186 valence electrons. The number of amides is 2. The lowest BCUT2D eigenvalue weighted by Crippen LogP contribution is -2.39. The first-order chi connectivity index (χ1) is 17.5. The fourth-order valence-electron chi connectivity index (χ4n) is 4.64. The molecule has 1 saturated heterocycles. The summed E-state index contributed by atoms with van der Waals surface area (Å²) in [5, 5.41) is 4.45. The van der Waals surface area contributed by atoms with Crippen molar-refractivity contribution in [3.63, 3.8) is 0 Å². The Kier molecular flexibility index (Phi) is 7.46. The van der Waals surface area contributed by atoms with Crippen molar-refractivity contribution in [1.82, 2.24) is 10.2 Å². The summed E-state index contributed by atoms with van der Waals surface area (Å²) >= 11 is 12.3. The molecule has 3 aromatic carbocycles. The maximum Gasteiger partial charge on any atom is 0.254 e. The Labute approximate surface area is 220 Å². The van der Waals surface area contributed by atoms with Crippen LogP contribution in [0.4, 0.5) is 5.69 Å². The number of hydrogen-bond acceptors (Lipinski definition) is 4. The number of carbonyl (C=O) groups excluding carboxylic acids is 2. The lowest BCUT2D eigenvalue weighted by Gasteiger charge is -2.25. The normalized spacial score (nSPS) is 16.4.